The molecular weight excluding hydrogens is 681 g/mol. The predicted molar refractivity (Wildman–Crippen MR) is 206 cm³/mol. The van der Waals surface area contributed by atoms with E-state index >= 15 is 0 Å². The molecule has 51 heavy (non-hydrogen) atoms. The number of hydrogen-bond acceptors (Lipinski definition) is 9. The molecule has 2 saturated heterocycles. The first-order valence-corrected chi connectivity index (χ1v) is 23.8. The Balaban J connectivity index is 1.63. The quantitative estimate of drug-likeness (QED) is 0.0759. The van der Waals surface area contributed by atoms with Crippen molar-refractivity contribution in [1.29, 1.82) is 5.26 Å². The van der Waals surface area contributed by atoms with E-state index in [4.69, 9.17) is 17.7 Å². The molecule has 2 aliphatic rings. The Bertz CT molecular complexity index is 1320. The number of anilines is 1. The van der Waals surface area contributed by atoms with Crippen molar-refractivity contribution in [3.05, 3.63) is 22.7 Å². The van der Waals surface area contributed by atoms with Gasteiger partial charge < -0.3 is 28.1 Å². The molecule has 3 heterocycles. The lowest BCUT2D eigenvalue weighted by Crippen LogP contribution is -2.67. The SMILES string of the molecule is CCCCCCCCCCCCCCCC(=O)Nc1ccn([C@@H]2O[C@@H]3CO[Si](C(C)C)(C(C)C)O[Si](C(C)C)(C(C)C)O[C@H]3[C@]2(O)C#N)c(=O)n1. The van der Waals surface area contributed by atoms with Gasteiger partial charge in [0.15, 0.2) is 6.23 Å². The van der Waals surface area contributed by atoms with Crippen LogP contribution in [0.5, 0.6) is 0 Å². The van der Waals surface area contributed by atoms with Gasteiger partial charge in [-0.3, -0.25) is 9.36 Å². The second-order valence-corrected chi connectivity index (χ2v) is 24.9. The van der Waals surface area contributed by atoms with Gasteiger partial charge in [-0.05, 0) is 34.7 Å². The fraction of sp³-hybridized carbons (Fsp3) is 0.842. The van der Waals surface area contributed by atoms with Crippen LogP contribution < -0.4 is 11.0 Å². The second kappa shape index (κ2) is 20.0. The highest BCUT2D eigenvalue weighted by atomic mass is 28.5. The zero-order valence-corrected chi connectivity index (χ0v) is 35.0. The van der Waals surface area contributed by atoms with E-state index in [1.54, 1.807) is 0 Å². The Morgan fingerprint density at radius 1 is 0.922 bits per heavy atom. The molecule has 2 aliphatic heterocycles. The maximum Gasteiger partial charge on any atom is 0.351 e. The van der Waals surface area contributed by atoms with Gasteiger partial charge in [0, 0.05) is 12.6 Å². The van der Waals surface area contributed by atoms with Crippen molar-refractivity contribution in [2.24, 2.45) is 0 Å². The number of aliphatic hydroxyl groups is 1. The summed E-state index contributed by atoms with van der Waals surface area (Å²) in [5.74, 6) is -0.0896. The fourth-order valence-corrected chi connectivity index (χ4v) is 19.0. The zero-order valence-electron chi connectivity index (χ0n) is 33.0. The van der Waals surface area contributed by atoms with Crippen LogP contribution in [0.25, 0.3) is 0 Å². The van der Waals surface area contributed by atoms with Gasteiger partial charge in [0.25, 0.3) is 0 Å². The average Bonchev–Trinajstić information content (AvgIpc) is 3.32. The highest BCUT2D eigenvalue weighted by Gasteiger charge is 2.66. The third-order valence-electron chi connectivity index (χ3n) is 10.8. The number of nitrogens with zero attached hydrogens (tertiary/aromatic N) is 3. The molecule has 3 rings (SSSR count). The number of ether oxygens (including phenoxy) is 1. The predicted octanol–water partition coefficient (Wildman–Crippen LogP) is 8.77. The summed E-state index contributed by atoms with van der Waals surface area (Å²) in [6.07, 6.45) is 14.4. The summed E-state index contributed by atoms with van der Waals surface area (Å²) < 4.78 is 28.3. The van der Waals surface area contributed by atoms with Gasteiger partial charge in [-0.15, -0.1) is 0 Å². The number of amides is 1. The molecule has 0 spiro atoms. The topological polar surface area (TPSA) is 145 Å². The molecule has 11 nitrogen and oxygen atoms in total. The van der Waals surface area contributed by atoms with Crippen LogP contribution in [0.2, 0.25) is 22.2 Å². The highest BCUT2D eigenvalue weighted by molar-refractivity contribution is 6.84. The largest absolute Gasteiger partial charge is 0.414 e. The monoisotopic (exact) mass is 748 g/mol. The first-order chi connectivity index (χ1) is 24.2. The van der Waals surface area contributed by atoms with Gasteiger partial charge >= 0.3 is 22.8 Å². The molecule has 2 fully saturated rings. The molecular formula is C38H68N4O7Si2. The number of nitriles is 1. The van der Waals surface area contributed by atoms with E-state index in [0.717, 1.165) is 23.8 Å². The Labute approximate surface area is 309 Å². The van der Waals surface area contributed by atoms with Gasteiger partial charge in [-0.1, -0.05) is 139 Å². The number of aromatic nitrogens is 2. The molecule has 0 aromatic carbocycles. The van der Waals surface area contributed by atoms with E-state index in [0.29, 0.717) is 6.42 Å². The molecule has 2 N–H and O–H groups in total. The van der Waals surface area contributed by atoms with Gasteiger partial charge in [0.05, 0.1) is 6.61 Å². The van der Waals surface area contributed by atoms with Gasteiger partial charge in [-0.2, -0.15) is 10.2 Å². The van der Waals surface area contributed by atoms with E-state index in [2.05, 4.69) is 72.6 Å². The molecule has 4 atom stereocenters. The van der Waals surface area contributed by atoms with Crippen molar-refractivity contribution in [3.63, 3.8) is 0 Å². The lowest BCUT2D eigenvalue weighted by atomic mass is 9.96. The van der Waals surface area contributed by atoms with E-state index in [1.165, 1.54) is 76.5 Å². The number of unbranched alkanes of at least 4 members (excludes halogenated alkanes) is 12. The summed E-state index contributed by atoms with van der Waals surface area (Å²) in [6.45, 7) is 19.0. The molecule has 1 amide bonds. The lowest BCUT2D eigenvalue weighted by Gasteiger charge is -2.51. The van der Waals surface area contributed by atoms with Gasteiger partial charge in [0.1, 0.15) is 24.1 Å². The van der Waals surface area contributed by atoms with Crippen LogP contribution in [0.3, 0.4) is 0 Å². The van der Waals surface area contributed by atoms with Crippen LogP contribution in [-0.2, 0) is 22.5 Å². The molecule has 0 saturated carbocycles. The number of rotatable bonds is 20. The zero-order chi connectivity index (χ0) is 37.8. The standard InChI is InChI=1S/C38H68N4O7Si2/c1-10-11-12-13-14-15-16-17-18-19-20-21-22-23-34(43)40-33-24-25-42(37(44)41-33)36-38(45,27-39)35-32(47-36)26-46-50(28(2)3,29(4)5)49-51(48-35,30(6)7)31(8)9/h24-25,28-32,35-36,45H,10-23,26H2,1-9H3,(H,40,41,43,44)/t32-,35-,36-,38-/m1/s1. The third-order valence-corrected chi connectivity index (χ3v) is 21.0. The highest BCUT2D eigenvalue weighted by Crippen LogP contribution is 2.50. The van der Waals surface area contributed by atoms with Crippen molar-refractivity contribution in [2.45, 2.75) is 198 Å². The molecule has 0 unspecified atom stereocenters. The Kier molecular flexibility index (Phi) is 17.0. The maximum absolute atomic E-state index is 13.4. The van der Waals surface area contributed by atoms with E-state index < -0.39 is 46.8 Å². The first kappa shape index (κ1) is 43.5. The molecule has 1 aromatic rings. The number of carbonyl (C=O) groups is 1. The second-order valence-electron chi connectivity index (χ2n) is 16.0. The summed E-state index contributed by atoms with van der Waals surface area (Å²) in [5.41, 5.74) is -2.85. The van der Waals surface area contributed by atoms with Crippen LogP contribution in [0, 0.1) is 11.3 Å². The van der Waals surface area contributed by atoms with E-state index in [9.17, 15) is 20.0 Å². The van der Waals surface area contributed by atoms with E-state index in [1.807, 2.05) is 6.07 Å². The number of carbonyl (C=O) groups excluding carboxylic acids is 1. The average molecular weight is 749 g/mol. The fourth-order valence-electron chi connectivity index (χ4n) is 7.75. The lowest BCUT2D eigenvalue weighted by molar-refractivity contribution is -0.116. The van der Waals surface area contributed by atoms with Crippen LogP contribution in [0.4, 0.5) is 5.82 Å². The minimum absolute atomic E-state index is 0.0294. The van der Waals surface area contributed by atoms with Gasteiger partial charge in [-0.25, -0.2) is 4.79 Å². The minimum Gasteiger partial charge on any atom is -0.414 e. The first-order valence-electron chi connectivity index (χ1n) is 19.9. The minimum atomic E-state index is -3.18. The van der Waals surface area contributed by atoms with Crippen LogP contribution in [0.1, 0.15) is 158 Å². The molecule has 13 heteroatoms. The van der Waals surface area contributed by atoms with Crippen LogP contribution in [-0.4, -0.2) is 62.1 Å². The van der Waals surface area contributed by atoms with E-state index in [-0.39, 0.29) is 40.5 Å². The van der Waals surface area contributed by atoms with Crippen molar-refractivity contribution < 1.29 is 27.6 Å². The summed E-state index contributed by atoms with van der Waals surface area (Å²) in [7, 11) is -6.07. The van der Waals surface area contributed by atoms with Crippen LogP contribution >= 0.6 is 0 Å². The van der Waals surface area contributed by atoms with Crippen LogP contribution in [0.15, 0.2) is 17.1 Å². The smallest absolute Gasteiger partial charge is 0.351 e. The van der Waals surface area contributed by atoms with Crippen molar-refractivity contribution in [2.75, 3.05) is 11.9 Å². The summed E-state index contributed by atoms with van der Waals surface area (Å²) in [5, 5.41) is 25.2. The van der Waals surface area contributed by atoms with Crippen molar-refractivity contribution >= 4 is 28.8 Å². The number of hydrogen-bond donors (Lipinski definition) is 2. The Morgan fingerprint density at radius 2 is 1.43 bits per heavy atom. The molecule has 1 aromatic heterocycles. The summed E-state index contributed by atoms with van der Waals surface area (Å²) in [4.78, 5) is 30.1. The molecule has 0 radical (unpaired) electrons. The Hall–Kier alpha value is -1.93. The number of nitrogens with one attached hydrogen (secondary N) is 1. The molecule has 0 bridgehead atoms. The summed E-state index contributed by atoms with van der Waals surface area (Å²) >= 11 is 0. The Morgan fingerprint density at radius 3 is 1.90 bits per heavy atom. The van der Waals surface area contributed by atoms with Crippen molar-refractivity contribution in [3.8, 4) is 6.07 Å². The van der Waals surface area contributed by atoms with Crippen molar-refractivity contribution in [1.82, 2.24) is 9.55 Å². The maximum atomic E-state index is 13.4. The normalized spacial score (nSPS) is 24.5. The third kappa shape index (κ3) is 10.6. The number of fused-ring (bicyclic) bond motifs is 1. The summed E-state index contributed by atoms with van der Waals surface area (Å²) in [6, 6.07) is 3.51. The molecule has 290 valence electrons. The van der Waals surface area contributed by atoms with Gasteiger partial charge in [0.2, 0.25) is 11.5 Å². The molecule has 0 aliphatic carbocycles.